The van der Waals surface area contributed by atoms with Gasteiger partial charge in [-0.3, -0.25) is 0 Å². The molecule has 0 fully saturated rings. The first-order valence-corrected chi connectivity index (χ1v) is 4.15. The fraction of sp³-hybridized carbons (Fsp3) is 0.857. The molecule has 0 N–H and O–H groups in total. The van der Waals surface area contributed by atoms with Crippen LogP contribution in [-0.2, 0) is 0 Å². The molecule has 126 valence electrons. The summed E-state index contributed by atoms with van der Waals surface area (Å²) < 4.78 is 167. The molecular formula is C7F14. The third kappa shape index (κ3) is 3.27. The van der Waals surface area contributed by atoms with Crippen LogP contribution in [0.25, 0.3) is 0 Å². The van der Waals surface area contributed by atoms with E-state index < -0.39 is 42.5 Å². The molecule has 2 radical (unpaired) electrons. The first kappa shape index (κ1) is 20.0. The van der Waals surface area contributed by atoms with Crippen molar-refractivity contribution in [2.75, 3.05) is 0 Å². The van der Waals surface area contributed by atoms with Crippen molar-refractivity contribution in [3.8, 4) is 0 Å². The number of hydrogen-bond acceptors (Lipinski definition) is 0. The van der Waals surface area contributed by atoms with E-state index in [4.69, 9.17) is 0 Å². The van der Waals surface area contributed by atoms with Gasteiger partial charge in [0, 0.05) is 0 Å². The molecule has 0 bridgehead atoms. The molecule has 0 spiro atoms. The van der Waals surface area contributed by atoms with E-state index in [9.17, 15) is 61.5 Å². The number of halogens is 14. The third-order valence-corrected chi connectivity index (χ3v) is 1.81. The van der Waals surface area contributed by atoms with Crippen LogP contribution in [0.3, 0.4) is 0 Å². The highest BCUT2D eigenvalue weighted by Gasteiger charge is 2.81. The molecule has 0 saturated heterocycles. The standard InChI is InChI=1S/C7F14/c8-2(9,4(12,13)6(16,17)18)1-3(10,11)5(14,15)7(19,20)21. The summed E-state index contributed by atoms with van der Waals surface area (Å²) in [6.07, 6.45) is -16.0. The molecule has 0 heterocycles. The summed E-state index contributed by atoms with van der Waals surface area (Å²) in [6.45, 7) is 0. The number of hydrogen-bond donors (Lipinski definition) is 0. The van der Waals surface area contributed by atoms with Crippen molar-refractivity contribution in [3.63, 3.8) is 0 Å². The minimum absolute atomic E-state index is 1.58. The van der Waals surface area contributed by atoms with Crippen LogP contribution in [0.1, 0.15) is 0 Å². The van der Waals surface area contributed by atoms with Gasteiger partial charge in [0.15, 0.2) is 0 Å². The zero-order valence-corrected chi connectivity index (χ0v) is 8.79. The summed E-state index contributed by atoms with van der Waals surface area (Å²) in [5.74, 6) is -29.0. The van der Waals surface area contributed by atoms with Crippen LogP contribution < -0.4 is 0 Å². The molecule has 0 aliphatic rings. The normalized spacial score (nSPS) is 16.3. The average Bonchev–Trinajstić information content (AvgIpc) is 2.11. The first-order valence-electron chi connectivity index (χ1n) is 4.15. The lowest BCUT2D eigenvalue weighted by Gasteiger charge is -2.33. The second-order valence-corrected chi connectivity index (χ2v) is 3.42. The van der Waals surface area contributed by atoms with Gasteiger partial charge in [0.2, 0.25) is 0 Å². The molecular weight excluding hydrogens is 350 g/mol. The van der Waals surface area contributed by atoms with Crippen LogP contribution in [0.2, 0.25) is 0 Å². The zero-order valence-electron chi connectivity index (χ0n) is 8.79. The smallest absolute Gasteiger partial charge is 0.199 e. The van der Waals surface area contributed by atoms with Gasteiger partial charge in [0.1, 0.15) is 6.42 Å². The van der Waals surface area contributed by atoms with Gasteiger partial charge in [-0.2, -0.15) is 61.5 Å². The Morgan fingerprint density at radius 3 is 0.714 bits per heavy atom. The van der Waals surface area contributed by atoms with E-state index in [-0.39, 0.29) is 0 Å². The van der Waals surface area contributed by atoms with Crippen LogP contribution in [0.5, 0.6) is 0 Å². The van der Waals surface area contributed by atoms with E-state index in [1.165, 1.54) is 0 Å². The van der Waals surface area contributed by atoms with Gasteiger partial charge in [-0.05, 0) is 0 Å². The minimum atomic E-state index is -7.34. The van der Waals surface area contributed by atoms with Crippen LogP contribution in [0.4, 0.5) is 61.5 Å². The highest BCUT2D eigenvalue weighted by atomic mass is 19.4. The highest BCUT2D eigenvalue weighted by Crippen LogP contribution is 2.55. The molecule has 0 aromatic heterocycles. The molecule has 0 nitrogen and oxygen atoms in total. The fourth-order valence-electron chi connectivity index (χ4n) is 0.710. The van der Waals surface area contributed by atoms with E-state index in [1.54, 1.807) is 0 Å². The van der Waals surface area contributed by atoms with Gasteiger partial charge in [-0.25, -0.2) is 0 Å². The average molecular weight is 350 g/mol. The topological polar surface area (TPSA) is 0 Å². The summed E-state index contributed by atoms with van der Waals surface area (Å²) in [5, 5.41) is 0. The molecule has 0 atom stereocenters. The molecule has 0 saturated carbocycles. The maximum absolute atomic E-state index is 12.3. The van der Waals surface area contributed by atoms with Crippen LogP contribution in [-0.4, -0.2) is 36.0 Å². The van der Waals surface area contributed by atoms with Crippen molar-refractivity contribution >= 4 is 0 Å². The minimum Gasteiger partial charge on any atom is -0.199 e. The van der Waals surface area contributed by atoms with E-state index in [0.29, 0.717) is 0 Å². The fourth-order valence-corrected chi connectivity index (χ4v) is 0.710. The third-order valence-electron chi connectivity index (χ3n) is 1.81. The molecule has 0 aromatic carbocycles. The quantitative estimate of drug-likeness (QED) is 0.643. The summed E-state index contributed by atoms with van der Waals surface area (Å²) in [6, 6.07) is 0. The van der Waals surface area contributed by atoms with Gasteiger partial charge >= 0.3 is 36.0 Å². The van der Waals surface area contributed by atoms with Crippen LogP contribution >= 0.6 is 0 Å². The summed E-state index contributed by atoms with van der Waals surface area (Å²) in [4.78, 5) is 0. The summed E-state index contributed by atoms with van der Waals surface area (Å²) >= 11 is 0. The Labute approximate surface area is 105 Å². The Morgan fingerprint density at radius 1 is 0.381 bits per heavy atom. The molecule has 0 aliphatic carbocycles. The Kier molecular flexibility index (Phi) is 4.54. The van der Waals surface area contributed by atoms with Crippen molar-refractivity contribution in [1.82, 2.24) is 0 Å². The maximum Gasteiger partial charge on any atom is 0.459 e. The predicted octanol–water partition coefficient (Wildman–Crippen LogP) is 4.73. The van der Waals surface area contributed by atoms with Crippen molar-refractivity contribution < 1.29 is 61.5 Å². The summed E-state index contributed by atoms with van der Waals surface area (Å²) in [7, 11) is 0. The van der Waals surface area contributed by atoms with Crippen LogP contribution in [0, 0.1) is 6.42 Å². The maximum atomic E-state index is 12.3. The molecule has 0 amide bonds. The number of rotatable bonds is 4. The Bertz CT molecular complexity index is 334. The lowest BCUT2D eigenvalue weighted by atomic mass is 9.98. The Morgan fingerprint density at radius 2 is 0.571 bits per heavy atom. The van der Waals surface area contributed by atoms with Crippen LogP contribution in [0.15, 0.2) is 0 Å². The molecule has 0 aromatic rings. The highest BCUT2D eigenvalue weighted by molar-refractivity contribution is 5.11. The van der Waals surface area contributed by atoms with E-state index >= 15 is 0 Å². The molecule has 0 rings (SSSR count). The second-order valence-electron chi connectivity index (χ2n) is 3.42. The summed E-state index contributed by atoms with van der Waals surface area (Å²) in [5.41, 5.74) is 0. The van der Waals surface area contributed by atoms with Gasteiger partial charge in [-0.1, -0.05) is 0 Å². The van der Waals surface area contributed by atoms with Crippen molar-refractivity contribution in [2.24, 2.45) is 0 Å². The zero-order chi connectivity index (χ0) is 17.7. The Hall–Kier alpha value is -0.980. The van der Waals surface area contributed by atoms with Crippen molar-refractivity contribution in [3.05, 3.63) is 6.42 Å². The van der Waals surface area contributed by atoms with Crippen molar-refractivity contribution in [2.45, 2.75) is 36.0 Å². The predicted molar refractivity (Wildman–Crippen MR) is 35.1 cm³/mol. The largest absolute Gasteiger partial charge is 0.459 e. The SMILES string of the molecule is FC(F)(F)C(F)(F)C(F)(F)[C]C(F)(F)C(F)(F)C(F)(F)F. The Balaban J connectivity index is 5.65. The second kappa shape index (κ2) is 4.76. The molecule has 0 unspecified atom stereocenters. The van der Waals surface area contributed by atoms with E-state index in [0.717, 1.165) is 0 Å². The molecule has 14 heteroatoms. The van der Waals surface area contributed by atoms with Crippen molar-refractivity contribution in [1.29, 1.82) is 0 Å². The molecule has 0 aliphatic heterocycles. The van der Waals surface area contributed by atoms with E-state index in [1.807, 2.05) is 0 Å². The lowest BCUT2D eigenvalue weighted by Crippen LogP contribution is -2.60. The first-order chi connectivity index (χ1) is 8.71. The van der Waals surface area contributed by atoms with Gasteiger partial charge in [0.25, 0.3) is 0 Å². The number of alkyl halides is 14. The molecule has 21 heavy (non-hydrogen) atoms. The monoisotopic (exact) mass is 350 g/mol. The lowest BCUT2D eigenvalue weighted by molar-refractivity contribution is -0.373. The van der Waals surface area contributed by atoms with Gasteiger partial charge in [-0.15, -0.1) is 0 Å². The van der Waals surface area contributed by atoms with E-state index in [2.05, 4.69) is 0 Å². The van der Waals surface area contributed by atoms with Gasteiger partial charge in [0.05, 0.1) is 0 Å². The van der Waals surface area contributed by atoms with Gasteiger partial charge < -0.3 is 0 Å².